The highest BCUT2D eigenvalue weighted by Crippen LogP contribution is 2.22. The second-order valence-corrected chi connectivity index (χ2v) is 5.42. The van der Waals surface area contributed by atoms with Crippen molar-refractivity contribution >= 4 is 30.1 Å². The van der Waals surface area contributed by atoms with Gasteiger partial charge < -0.3 is 10.2 Å². The van der Waals surface area contributed by atoms with Gasteiger partial charge in [0, 0.05) is 33.2 Å². The van der Waals surface area contributed by atoms with E-state index in [0.29, 0.717) is 30.8 Å². The molecule has 22 heavy (non-hydrogen) atoms. The lowest BCUT2D eigenvalue weighted by molar-refractivity contribution is -0.135. The first-order valence-corrected chi connectivity index (χ1v) is 7.00. The van der Waals surface area contributed by atoms with Gasteiger partial charge in [0.05, 0.1) is 17.0 Å². The third-order valence-electron chi connectivity index (χ3n) is 4.04. The number of hydrogen-bond acceptors (Lipinski definition) is 4. The van der Waals surface area contributed by atoms with Crippen molar-refractivity contribution in [2.75, 3.05) is 33.2 Å². The molecule has 2 aliphatic heterocycles. The fourth-order valence-electron chi connectivity index (χ4n) is 2.58. The Hall–Kier alpha value is -1.92. The molecule has 1 saturated heterocycles. The zero-order chi connectivity index (χ0) is 15.0. The maximum Gasteiger partial charge on any atom is 0.261 e. The molecule has 1 aromatic carbocycles. The van der Waals surface area contributed by atoms with Gasteiger partial charge in [0.15, 0.2) is 0 Å². The average Bonchev–Trinajstić information content (AvgIpc) is 2.67. The Kier molecular flexibility index (Phi) is 4.83. The highest BCUT2D eigenvalue weighted by Gasteiger charge is 2.35. The van der Waals surface area contributed by atoms with Gasteiger partial charge in [-0.3, -0.25) is 19.3 Å². The van der Waals surface area contributed by atoms with E-state index in [1.54, 1.807) is 36.2 Å². The van der Waals surface area contributed by atoms with E-state index < -0.39 is 0 Å². The number of carbonyl (C=O) groups excluding carboxylic acids is 3. The first-order valence-electron chi connectivity index (χ1n) is 7.00. The number of amides is 3. The van der Waals surface area contributed by atoms with Crippen molar-refractivity contribution in [3.8, 4) is 0 Å². The van der Waals surface area contributed by atoms with Gasteiger partial charge in [-0.25, -0.2) is 0 Å². The molecule has 0 aliphatic carbocycles. The van der Waals surface area contributed by atoms with Crippen LogP contribution in [0.25, 0.3) is 0 Å². The van der Waals surface area contributed by atoms with Crippen LogP contribution in [0.4, 0.5) is 0 Å². The Morgan fingerprint density at radius 1 is 1.23 bits per heavy atom. The van der Waals surface area contributed by atoms with E-state index >= 15 is 0 Å². The topological polar surface area (TPSA) is 69.7 Å². The predicted molar refractivity (Wildman–Crippen MR) is 83.1 cm³/mol. The summed E-state index contributed by atoms with van der Waals surface area (Å²) in [5, 5.41) is 3.05. The van der Waals surface area contributed by atoms with Gasteiger partial charge in [0.1, 0.15) is 0 Å². The summed E-state index contributed by atoms with van der Waals surface area (Å²) >= 11 is 0. The van der Waals surface area contributed by atoms with E-state index in [2.05, 4.69) is 5.32 Å². The van der Waals surface area contributed by atoms with Crippen molar-refractivity contribution in [1.82, 2.24) is 15.1 Å². The number of benzene rings is 1. The van der Waals surface area contributed by atoms with Crippen LogP contribution in [0.2, 0.25) is 0 Å². The maximum atomic E-state index is 12.2. The summed E-state index contributed by atoms with van der Waals surface area (Å²) in [6.45, 7) is 2.00. The molecule has 1 fully saturated rings. The largest absolute Gasteiger partial charge is 0.344 e. The van der Waals surface area contributed by atoms with Crippen LogP contribution in [-0.2, 0) is 4.79 Å². The number of carbonyl (C=O) groups is 3. The van der Waals surface area contributed by atoms with Gasteiger partial charge in [0.2, 0.25) is 5.91 Å². The van der Waals surface area contributed by atoms with Crippen molar-refractivity contribution in [2.45, 2.75) is 0 Å². The Balaban J connectivity index is 0.00000176. The highest BCUT2D eigenvalue weighted by molar-refractivity contribution is 6.21. The van der Waals surface area contributed by atoms with E-state index in [9.17, 15) is 14.4 Å². The van der Waals surface area contributed by atoms with Crippen LogP contribution in [0.5, 0.6) is 0 Å². The number of nitrogens with zero attached hydrogens (tertiary/aromatic N) is 2. The minimum atomic E-state index is -0.276. The van der Waals surface area contributed by atoms with Crippen molar-refractivity contribution in [1.29, 1.82) is 0 Å². The molecular weight excluding hydrogens is 306 g/mol. The first-order chi connectivity index (χ1) is 10.1. The second kappa shape index (κ2) is 6.46. The lowest BCUT2D eigenvalue weighted by Gasteiger charge is -2.30. The normalized spacial score (nSPS) is 16.9. The minimum absolute atomic E-state index is 0. The summed E-state index contributed by atoms with van der Waals surface area (Å²) < 4.78 is 0. The summed E-state index contributed by atoms with van der Waals surface area (Å²) in [5.41, 5.74) is 0.888. The number of fused-ring (bicyclic) bond motifs is 1. The molecule has 3 amide bonds. The Labute approximate surface area is 134 Å². The number of nitrogens with one attached hydrogen (secondary N) is 1. The molecule has 1 N–H and O–H groups in total. The standard InChI is InChI=1S/C15H17N3O3.ClH/c1-17(13(19)10-8-16-9-10)6-7-18-14(20)11-4-2-3-5-12(11)15(18)21;/h2-5,10,16H,6-9H2,1H3;1H. The summed E-state index contributed by atoms with van der Waals surface area (Å²) in [4.78, 5) is 39.2. The zero-order valence-corrected chi connectivity index (χ0v) is 13.1. The molecular formula is C15H18ClN3O3. The molecule has 0 unspecified atom stereocenters. The fraction of sp³-hybridized carbons (Fsp3) is 0.400. The molecule has 1 aromatic rings. The van der Waals surface area contributed by atoms with Crippen LogP contribution in [0.15, 0.2) is 24.3 Å². The molecule has 7 heteroatoms. The van der Waals surface area contributed by atoms with E-state index in [0.717, 1.165) is 0 Å². The third-order valence-corrected chi connectivity index (χ3v) is 4.04. The average molecular weight is 324 g/mol. The van der Waals surface area contributed by atoms with Crippen molar-refractivity contribution in [3.05, 3.63) is 35.4 Å². The van der Waals surface area contributed by atoms with Crippen LogP contribution < -0.4 is 5.32 Å². The molecule has 0 bridgehead atoms. The number of imide groups is 1. The second-order valence-electron chi connectivity index (χ2n) is 5.42. The number of likely N-dealkylation sites (N-methyl/N-ethyl adjacent to an activating group) is 1. The molecule has 2 heterocycles. The van der Waals surface area contributed by atoms with Gasteiger partial charge in [-0.2, -0.15) is 0 Å². The maximum absolute atomic E-state index is 12.2. The lowest BCUT2D eigenvalue weighted by atomic mass is 10.0. The van der Waals surface area contributed by atoms with Crippen molar-refractivity contribution < 1.29 is 14.4 Å². The van der Waals surface area contributed by atoms with Crippen LogP contribution >= 0.6 is 12.4 Å². The van der Waals surface area contributed by atoms with Crippen LogP contribution in [0.1, 0.15) is 20.7 Å². The molecule has 118 valence electrons. The van der Waals surface area contributed by atoms with E-state index in [1.807, 2.05) is 0 Å². The van der Waals surface area contributed by atoms with Gasteiger partial charge in [-0.15, -0.1) is 12.4 Å². The van der Waals surface area contributed by atoms with Crippen LogP contribution in [-0.4, -0.2) is 60.7 Å². The van der Waals surface area contributed by atoms with Crippen molar-refractivity contribution in [3.63, 3.8) is 0 Å². The molecule has 0 atom stereocenters. The van der Waals surface area contributed by atoms with Gasteiger partial charge in [-0.1, -0.05) is 12.1 Å². The number of halogens is 1. The van der Waals surface area contributed by atoms with Gasteiger partial charge >= 0.3 is 0 Å². The summed E-state index contributed by atoms with van der Waals surface area (Å²) in [6.07, 6.45) is 0. The minimum Gasteiger partial charge on any atom is -0.344 e. The third kappa shape index (κ3) is 2.71. The monoisotopic (exact) mass is 323 g/mol. The molecule has 3 rings (SSSR count). The number of hydrogen-bond donors (Lipinski definition) is 1. The highest BCUT2D eigenvalue weighted by atomic mass is 35.5. The summed E-state index contributed by atoms with van der Waals surface area (Å²) in [5.74, 6) is -0.467. The fourth-order valence-corrected chi connectivity index (χ4v) is 2.58. The van der Waals surface area contributed by atoms with Gasteiger partial charge in [0.25, 0.3) is 11.8 Å². The molecule has 2 aliphatic rings. The Morgan fingerprint density at radius 3 is 2.23 bits per heavy atom. The summed E-state index contributed by atoms with van der Waals surface area (Å²) in [7, 11) is 1.71. The lowest BCUT2D eigenvalue weighted by Crippen LogP contribution is -2.52. The van der Waals surface area contributed by atoms with Crippen molar-refractivity contribution in [2.24, 2.45) is 5.92 Å². The zero-order valence-electron chi connectivity index (χ0n) is 12.2. The van der Waals surface area contributed by atoms with Crippen LogP contribution in [0, 0.1) is 5.92 Å². The van der Waals surface area contributed by atoms with E-state index in [-0.39, 0.29) is 42.6 Å². The summed E-state index contributed by atoms with van der Waals surface area (Å²) in [6, 6.07) is 6.80. The molecule has 0 radical (unpaired) electrons. The predicted octanol–water partition coefficient (Wildman–Crippen LogP) is 0.382. The van der Waals surface area contributed by atoms with Gasteiger partial charge in [-0.05, 0) is 12.1 Å². The number of rotatable bonds is 4. The molecule has 0 aromatic heterocycles. The van der Waals surface area contributed by atoms with E-state index in [1.165, 1.54) is 4.90 Å². The smallest absolute Gasteiger partial charge is 0.261 e. The molecule has 6 nitrogen and oxygen atoms in total. The Bertz CT molecular complexity index is 581. The molecule has 0 spiro atoms. The Morgan fingerprint density at radius 2 is 1.77 bits per heavy atom. The van der Waals surface area contributed by atoms with E-state index in [4.69, 9.17) is 0 Å². The quantitative estimate of drug-likeness (QED) is 0.813. The SMILES string of the molecule is CN(CCN1C(=O)c2ccccc2C1=O)C(=O)C1CNC1.Cl. The molecule has 0 saturated carbocycles. The first kappa shape index (κ1) is 16.5. The van der Waals surface area contributed by atoms with Crippen LogP contribution in [0.3, 0.4) is 0 Å².